The lowest BCUT2D eigenvalue weighted by atomic mass is 9.68. The van der Waals surface area contributed by atoms with Gasteiger partial charge in [0.05, 0.1) is 0 Å². The zero-order valence-corrected chi connectivity index (χ0v) is 14.6. The van der Waals surface area contributed by atoms with Crippen molar-refractivity contribution in [1.82, 2.24) is 20.4 Å². The topological polar surface area (TPSA) is 63.8 Å². The molecule has 3 aromatic rings. The first-order valence-corrected chi connectivity index (χ1v) is 9.38. The molecule has 1 aromatic carbocycles. The Hall–Kier alpha value is -2.53. The van der Waals surface area contributed by atoms with Gasteiger partial charge in [0.15, 0.2) is 5.82 Å². The predicted octanol–water partition coefficient (Wildman–Crippen LogP) is 3.70. The molecular weight excluding hydrogens is 324 g/mol. The maximum atomic E-state index is 5.49. The Labute approximate surface area is 152 Å². The van der Waals surface area contributed by atoms with Gasteiger partial charge >= 0.3 is 0 Å². The van der Waals surface area contributed by atoms with Gasteiger partial charge in [0, 0.05) is 30.1 Å². The van der Waals surface area contributed by atoms with Crippen molar-refractivity contribution in [2.24, 2.45) is 0 Å². The molecule has 0 saturated heterocycles. The Morgan fingerprint density at radius 2 is 1.92 bits per heavy atom. The van der Waals surface area contributed by atoms with Crippen molar-refractivity contribution in [3.8, 4) is 11.6 Å². The smallest absolute Gasteiger partial charge is 0.276 e. The van der Waals surface area contributed by atoms with E-state index in [1.54, 1.807) is 6.20 Å². The van der Waals surface area contributed by atoms with E-state index >= 15 is 0 Å². The fraction of sp³-hybridized carbons (Fsp3) is 0.381. The van der Waals surface area contributed by atoms with Crippen molar-refractivity contribution < 1.29 is 4.52 Å². The highest BCUT2D eigenvalue weighted by Crippen LogP contribution is 2.45. The van der Waals surface area contributed by atoms with Crippen LogP contribution in [-0.2, 0) is 5.41 Å². The maximum absolute atomic E-state index is 5.49. The molecule has 2 atom stereocenters. The molecule has 26 heavy (non-hydrogen) atoms. The summed E-state index contributed by atoms with van der Waals surface area (Å²) in [6.07, 6.45) is 6.41. The van der Waals surface area contributed by atoms with Crippen LogP contribution in [0.15, 0.2) is 59.3 Å². The third kappa shape index (κ3) is 2.82. The molecule has 2 fully saturated rings. The number of hydrogen-bond acceptors (Lipinski definition) is 5. The number of nitrogens with zero attached hydrogens (tertiary/aromatic N) is 3. The van der Waals surface area contributed by atoms with Gasteiger partial charge in [-0.2, -0.15) is 4.98 Å². The largest absolute Gasteiger partial charge is 0.332 e. The standard InChI is InChI=1S/C21H22N4O/c1-2-7-15(8-3-1)16-13-18(16)23-14-21(10-6-11-21)20-24-19(26-25-20)17-9-4-5-12-22-17/h1-5,7-9,12,16,18,23H,6,10-11,13-14H2. The van der Waals surface area contributed by atoms with Crippen LogP contribution in [0.3, 0.4) is 0 Å². The van der Waals surface area contributed by atoms with Crippen molar-refractivity contribution >= 4 is 0 Å². The van der Waals surface area contributed by atoms with Gasteiger partial charge in [0.1, 0.15) is 5.69 Å². The number of nitrogens with one attached hydrogen (secondary N) is 1. The van der Waals surface area contributed by atoms with Gasteiger partial charge in [-0.25, -0.2) is 0 Å². The van der Waals surface area contributed by atoms with Crippen LogP contribution in [0.1, 0.15) is 43.0 Å². The number of benzene rings is 1. The second-order valence-electron chi connectivity index (χ2n) is 7.51. The van der Waals surface area contributed by atoms with Gasteiger partial charge in [0.2, 0.25) is 0 Å². The highest BCUT2D eigenvalue weighted by atomic mass is 16.5. The first-order chi connectivity index (χ1) is 12.8. The van der Waals surface area contributed by atoms with Crippen LogP contribution < -0.4 is 5.32 Å². The summed E-state index contributed by atoms with van der Waals surface area (Å²) in [5.74, 6) is 1.98. The van der Waals surface area contributed by atoms with Crippen LogP contribution in [0.25, 0.3) is 11.6 Å². The van der Waals surface area contributed by atoms with Crippen molar-refractivity contribution in [3.63, 3.8) is 0 Å². The summed E-state index contributed by atoms with van der Waals surface area (Å²) in [4.78, 5) is 8.97. The molecule has 2 aliphatic rings. The molecule has 2 aromatic heterocycles. The van der Waals surface area contributed by atoms with E-state index in [9.17, 15) is 0 Å². The molecule has 2 heterocycles. The van der Waals surface area contributed by atoms with E-state index in [0.29, 0.717) is 17.9 Å². The number of hydrogen-bond donors (Lipinski definition) is 1. The molecular formula is C21H22N4O. The first-order valence-electron chi connectivity index (χ1n) is 9.38. The summed E-state index contributed by atoms with van der Waals surface area (Å²) in [5, 5.41) is 8.05. The number of rotatable bonds is 6. The van der Waals surface area contributed by atoms with E-state index < -0.39 is 0 Å². The summed E-state index contributed by atoms with van der Waals surface area (Å²) in [6, 6.07) is 17.1. The zero-order valence-electron chi connectivity index (χ0n) is 14.6. The van der Waals surface area contributed by atoms with E-state index in [0.717, 1.165) is 30.9 Å². The lowest BCUT2D eigenvalue weighted by molar-refractivity contribution is 0.211. The van der Waals surface area contributed by atoms with Gasteiger partial charge in [-0.05, 0) is 37.0 Å². The van der Waals surface area contributed by atoms with Crippen LogP contribution >= 0.6 is 0 Å². The van der Waals surface area contributed by atoms with Gasteiger partial charge in [-0.1, -0.05) is 48.0 Å². The first kappa shape index (κ1) is 15.7. The molecule has 1 N–H and O–H groups in total. The second kappa shape index (κ2) is 6.32. The van der Waals surface area contributed by atoms with Gasteiger partial charge in [-0.15, -0.1) is 0 Å². The summed E-state index contributed by atoms with van der Waals surface area (Å²) in [5.41, 5.74) is 2.19. The molecule has 2 saturated carbocycles. The fourth-order valence-electron chi connectivity index (χ4n) is 3.93. The SMILES string of the molecule is c1ccc(C2CC2NCC2(c3noc(-c4ccccn4)n3)CCC2)cc1. The minimum atomic E-state index is 0.0142. The molecule has 2 unspecified atom stereocenters. The Bertz CT molecular complexity index is 873. The van der Waals surface area contributed by atoms with Crippen molar-refractivity contribution in [2.45, 2.75) is 43.1 Å². The van der Waals surface area contributed by atoms with Crippen LogP contribution in [0, 0.1) is 0 Å². The molecule has 2 aliphatic carbocycles. The van der Waals surface area contributed by atoms with Crippen LogP contribution in [0.2, 0.25) is 0 Å². The molecule has 132 valence electrons. The van der Waals surface area contributed by atoms with Crippen LogP contribution in [0.5, 0.6) is 0 Å². The van der Waals surface area contributed by atoms with Crippen LogP contribution in [-0.4, -0.2) is 27.7 Å². The van der Waals surface area contributed by atoms with Crippen molar-refractivity contribution in [3.05, 3.63) is 66.1 Å². The van der Waals surface area contributed by atoms with Gasteiger partial charge < -0.3 is 9.84 Å². The average molecular weight is 346 g/mol. The quantitative estimate of drug-likeness (QED) is 0.737. The van der Waals surface area contributed by atoms with E-state index in [1.165, 1.54) is 18.4 Å². The molecule has 0 amide bonds. The van der Waals surface area contributed by atoms with Gasteiger partial charge in [0.25, 0.3) is 5.89 Å². The minimum Gasteiger partial charge on any atom is -0.332 e. The molecule has 5 heteroatoms. The highest BCUT2D eigenvalue weighted by molar-refractivity contribution is 5.45. The summed E-state index contributed by atoms with van der Waals surface area (Å²) < 4.78 is 5.49. The van der Waals surface area contributed by atoms with Gasteiger partial charge in [-0.3, -0.25) is 4.98 Å². The fourth-order valence-corrected chi connectivity index (χ4v) is 3.93. The molecule has 0 spiro atoms. The molecule has 5 rings (SSSR count). The summed E-state index contributed by atoms with van der Waals surface area (Å²) in [7, 11) is 0. The summed E-state index contributed by atoms with van der Waals surface area (Å²) >= 11 is 0. The minimum absolute atomic E-state index is 0.0142. The molecule has 0 radical (unpaired) electrons. The maximum Gasteiger partial charge on any atom is 0.276 e. The lowest BCUT2D eigenvalue weighted by Crippen LogP contribution is -2.45. The monoisotopic (exact) mass is 346 g/mol. The molecule has 0 bridgehead atoms. The lowest BCUT2D eigenvalue weighted by Gasteiger charge is -2.39. The zero-order chi connectivity index (χ0) is 17.4. The third-order valence-electron chi connectivity index (χ3n) is 5.82. The Balaban J connectivity index is 1.27. The number of aromatic nitrogens is 3. The van der Waals surface area contributed by atoms with Crippen molar-refractivity contribution in [1.29, 1.82) is 0 Å². The van der Waals surface area contributed by atoms with Crippen molar-refractivity contribution in [2.75, 3.05) is 6.54 Å². The predicted molar refractivity (Wildman–Crippen MR) is 98.6 cm³/mol. The number of pyridine rings is 1. The van der Waals surface area contributed by atoms with Crippen LogP contribution in [0.4, 0.5) is 0 Å². The van der Waals surface area contributed by atoms with E-state index in [2.05, 4.69) is 50.8 Å². The van der Waals surface area contributed by atoms with E-state index in [1.807, 2.05) is 18.2 Å². The highest BCUT2D eigenvalue weighted by Gasteiger charge is 2.46. The summed E-state index contributed by atoms with van der Waals surface area (Å²) in [6.45, 7) is 0.919. The van der Waals surface area contributed by atoms with E-state index in [-0.39, 0.29) is 5.41 Å². The Kier molecular flexibility index (Phi) is 3.82. The normalized spacial score (nSPS) is 23.4. The average Bonchev–Trinajstić information content (AvgIpc) is 3.28. The van der Waals surface area contributed by atoms with E-state index in [4.69, 9.17) is 4.52 Å². The Morgan fingerprint density at radius 1 is 1.08 bits per heavy atom. The third-order valence-corrected chi connectivity index (χ3v) is 5.82. The molecule has 0 aliphatic heterocycles. The second-order valence-corrected chi connectivity index (χ2v) is 7.51. The molecule has 5 nitrogen and oxygen atoms in total. The Morgan fingerprint density at radius 3 is 2.65 bits per heavy atom.